The van der Waals surface area contributed by atoms with Gasteiger partial charge in [0, 0.05) is 11.8 Å². The van der Waals surface area contributed by atoms with Crippen molar-refractivity contribution in [3.63, 3.8) is 0 Å². The number of nitrogens with one attached hydrogen (secondary N) is 1. The zero-order valence-corrected chi connectivity index (χ0v) is 13.4. The fraction of sp³-hybridized carbons (Fsp3) is 0.533. The summed E-state index contributed by atoms with van der Waals surface area (Å²) in [5.74, 6) is 0.506. The smallest absolute Gasteiger partial charge is 0.272 e. The maximum Gasteiger partial charge on any atom is 0.301 e. The highest BCUT2D eigenvalue weighted by molar-refractivity contribution is 5.87. The molecule has 1 fully saturated rings. The molecule has 23 heavy (non-hydrogen) atoms. The number of non-ortho nitro benzene ring substituents is 1. The van der Waals surface area contributed by atoms with Gasteiger partial charge in [-0.3, -0.25) is 25.7 Å². The fourth-order valence-electron chi connectivity index (χ4n) is 3.22. The van der Waals surface area contributed by atoms with Crippen molar-refractivity contribution in [3.8, 4) is 0 Å². The Labute approximate surface area is 133 Å². The number of nitro benzene ring substituents is 2. The Morgan fingerprint density at radius 1 is 1.26 bits per heavy atom. The number of hydrogen-bond acceptors (Lipinski definition) is 6. The van der Waals surface area contributed by atoms with E-state index in [4.69, 9.17) is 0 Å². The van der Waals surface area contributed by atoms with E-state index in [2.05, 4.69) is 31.3 Å². The van der Waals surface area contributed by atoms with Crippen molar-refractivity contribution in [1.82, 2.24) is 0 Å². The third-order valence-electron chi connectivity index (χ3n) is 3.89. The number of hydrazone groups is 1. The van der Waals surface area contributed by atoms with Crippen LogP contribution in [0.25, 0.3) is 0 Å². The summed E-state index contributed by atoms with van der Waals surface area (Å²) in [7, 11) is 0. The van der Waals surface area contributed by atoms with Crippen molar-refractivity contribution < 1.29 is 9.85 Å². The lowest BCUT2D eigenvalue weighted by Crippen LogP contribution is -2.28. The van der Waals surface area contributed by atoms with E-state index in [0.29, 0.717) is 5.92 Å². The average Bonchev–Trinajstić information content (AvgIpc) is 2.42. The first kappa shape index (κ1) is 16.9. The van der Waals surface area contributed by atoms with Crippen molar-refractivity contribution in [2.75, 3.05) is 5.43 Å². The SMILES string of the molecule is C[C@@H]1C/C(=N\Nc2ccc([N+](=O)[O-])cc2[N+](=O)[O-])CC(C)(C)C1. The van der Waals surface area contributed by atoms with Crippen LogP contribution < -0.4 is 5.43 Å². The molecule has 1 atom stereocenters. The molecule has 0 unspecified atom stereocenters. The maximum absolute atomic E-state index is 11.1. The lowest BCUT2D eigenvalue weighted by molar-refractivity contribution is -0.393. The van der Waals surface area contributed by atoms with Crippen LogP contribution in [0.5, 0.6) is 0 Å². The minimum Gasteiger partial charge on any atom is -0.272 e. The Morgan fingerprint density at radius 2 is 1.96 bits per heavy atom. The molecule has 1 aromatic carbocycles. The van der Waals surface area contributed by atoms with E-state index in [1.807, 2.05) is 0 Å². The lowest BCUT2D eigenvalue weighted by atomic mass is 9.72. The summed E-state index contributed by atoms with van der Waals surface area (Å²) in [4.78, 5) is 20.5. The summed E-state index contributed by atoms with van der Waals surface area (Å²) in [5.41, 5.74) is 3.31. The van der Waals surface area contributed by atoms with Gasteiger partial charge in [-0.15, -0.1) is 0 Å². The van der Waals surface area contributed by atoms with Gasteiger partial charge >= 0.3 is 5.69 Å². The maximum atomic E-state index is 11.1. The molecule has 1 N–H and O–H groups in total. The zero-order valence-electron chi connectivity index (χ0n) is 13.4. The first-order chi connectivity index (χ1) is 10.7. The van der Waals surface area contributed by atoms with Gasteiger partial charge < -0.3 is 0 Å². The van der Waals surface area contributed by atoms with Gasteiger partial charge in [-0.1, -0.05) is 20.8 Å². The number of hydrogen-bond donors (Lipinski definition) is 1. The van der Waals surface area contributed by atoms with Gasteiger partial charge in [0.15, 0.2) is 0 Å². The molecule has 1 aliphatic rings. The van der Waals surface area contributed by atoms with Crippen molar-refractivity contribution in [1.29, 1.82) is 0 Å². The zero-order chi connectivity index (χ0) is 17.2. The van der Waals surface area contributed by atoms with Crippen LogP contribution in [0.4, 0.5) is 17.1 Å². The van der Waals surface area contributed by atoms with Crippen molar-refractivity contribution >= 4 is 22.8 Å². The highest BCUT2D eigenvalue weighted by atomic mass is 16.6. The monoisotopic (exact) mass is 320 g/mol. The molecule has 8 nitrogen and oxygen atoms in total. The standard InChI is InChI=1S/C15H20N4O4/c1-10-6-11(9-15(2,3)8-10)16-17-13-5-4-12(18(20)21)7-14(13)19(22)23/h4-5,7,10,17H,6,8-9H2,1-3H3/b16-11+/t10-/m1/s1. The topological polar surface area (TPSA) is 111 Å². The average molecular weight is 320 g/mol. The molecule has 2 rings (SSSR count). The molecule has 0 aromatic heterocycles. The number of benzene rings is 1. The van der Waals surface area contributed by atoms with Gasteiger partial charge in [-0.25, -0.2) is 0 Å². The molecule has 0 saturated heterocycles. The van der Waals surface area contributed by atoms with Gasteiger partial charge in [-0.2, -0.15) is 5.10 Å². The van der Waals surface area contributed by atoms with E-state index >= 15 is 0 Å². The highest BCUT2D eigenvalue weighted by Gasteiger charge is 2.29. The molecule has 0 spiro atoms. The second kappa shape index (κ2) is 6.31. The molecule has 1 aromatic rings. The summed E-state index contributed by atoms with van der Waals surface area (Å²) in [6.45, 7) is 6.50. The fourth-order valence-corrected chi connectivity index (χ4v) is 3.22. The molecule has 124 valence electrons. The largest absolute Gasteiger partial charge is 0.301 e. The number of nitro groups is 2. The van der Waals surface area contributed by atoms with Crippen molar-refractivity contribution in [2.24, 2.45) is 16.4 Å². The molecular weight excluding hydrogens is 300 g/mol. The summed E-state index contributed by atoms with van der Waals surface area (Å²) in [5, 5.41) is 26.1. The van der Waals surface area contributed by atoms with Crippen LogP contribution in [-0.2, 0) is 0 Å². The Morgan fingerprint density at radius 3 is 2.52 bits per heavy atom. The number of rotatable bonds is 4. The molecule has 8 heteroatoms. The molecule has 0 aliphatic heterocycles. The molecule has 1 saturated carbocycles. The third-order valence-corrected chi connectivity index (χ3v) is 3.89. The predicted molar refractivity (Wildman–Crippen MR) is 87.6 cm³/mol. The van der Waals surface area contributed by atoms with Gasteiger partial charge in [0.25, 0.3) is 5.69 Å². The summed E-state index contributed by atoms with van der Waals surface area (Å²) in [6.07, 6.45) is 2.78. The molecule has 0 heterocycles. The van der Waals surface area contributed by atoms with E-state index in [0.717, 1.165) is 31.0 Å². The molecule has 0 bridgehead atoms. The normalized spacial score (nSPS) is 21.9. The second-order valence-corrected chi connectivity index (χ2v) is 6.86. The molecule has 1 aliphatic carbocycles. The first-order valence-corrected chi connectivity index (χ1v) is 7.42. The second-order valence-electron chi connectivity index (χ2n) is 6.86. The Bertz CT molecular complexity index is 669. The molecule has 0 radical (unpaired) electrons. The van der Waals surface area contributed by atoms with Crippen LogP contribution in [0.15, 0.2) is 23.3 Å². The molecular formula is C15H20N4O4. The van der Waals surface area contributed by atoms with Gasteiger partial charge in [-0.05, 0) is 36.7 Å². The van der Waals surface area contributed by atoms with Gasteiger partial charge in [0.05, 0.1) is 15.9 Å². The summed E-state index contributed by atoms with van der Waals surface area (Å²) in [6, 6.07) is 3.48. The molecule has 0 amide bonds. The third kappa shape index (κ3) is 4.24. The van der Waals surface area contributed by atoms with Crippen LogP contribution >= 0.6 is 0 Å². The quantitative estimate of drug-likeness (QED) is 0.662. The summed E-state index contributed by atoms with van der Waals surface area (Å²) >= 11 is 0. The Hall–Kier alpha value is -2.51. The van der Waals surface area contributed by atoms with E-state index in [9.17, 15) is 20.2 Å². The highest BCUT2D eigenvalue weighted by Crippen LogP contribution is 2.37. The number of nitrogens with zero attached hydrogens (tertiary/aromatic N) is 3. The minimum absolute atomic E-state index is 0.152. The van der Waals surface area contributed by atoms with Gasteiger partial charge in [0.1, 0.15) is 5.69 Å². The minimum atomic E-state index is -0.659. The lowest BCUT2D eigenvalue weighted by Gasteiger charge is -2.34. The predicted octanol–water partition coefficient (Wildman–Crippen LogP) is 4.12. The van der Waals surface area contributed by atoms with Crippen LogP contribution in [0.1, 0.15) is 40.0 Å². The van der Waals surface area contributed by atoms with Crippen molar-refractivity contribution in [2.45, 2.75) is 40.0 Å². The van der Waals surface area contributed by atoms with Crippen molar-refractivity contribution in [3.05, 3.63) is 38.4 Å². The van der Waals surface area contributed by atoms with E-state index in [-0.39, 0.29) is 22.5 Å². The van der Waals surface area contributed by atoms with E-state index < -0.39 is 9.85 Å². The first-order valence-electron chi connectivity index (χ1n) is 7.42. The number of anilines is 1. The van der Waals surface area contributed by atoms with Crippen LogP contribution in [-0.4, -0.2) is 15.6 Å². The summed E-state index contributed by atoms with van der Waals surface area (Å²) < 4.78 is 0. The van der Waals surface area contributed by atoms with E-state index in [1.54, 1.807) is 0 Å². The van der Waals surface area contributed by atoms with Crippen LogP contribution in [0.2, 0.25) is 0 Å². The Balaban J connectivity index is 2.24. The van der Waals surface area contributed by atoms with E-state index in [1.165, 1.54) is 12.1 Å². The van der Waals surface area contributed by atoms with Crippen LogP contribution in [0.3, 0.4) is 0 Å². The Kier molecular flexibility index (Phi) is 4.63. The van der Waals surface area contributed by atoms with Crippen LogP contribution in [0, 0.1) is 31.6 Å². The van der Waals surface area contributed by atoms with Gasteiger partial charge in [0.2, 0.25) is 0 Å².